The average Bonchev–Trinajstić information content (AvgIpc) is 3.04. The van der Waals surface area contributed by atoms with Crippen LogP contribution in [0.15, 0.2) is 69.6 Å². The van der Waals surface area contributed by atoms with E-state index in [9.17, 15) is 9.59 Å². The molecule has 1 aliphatic rings. The fourth-order valence-corrected chi connectivity index (χ4v) is 4.97. The van der Waals surface area contributed by atoms with Crippen LogP contribution in [0.25, 0.3) is 6.08 Å². The van der Waals surface area contributed by atoms with Gasteiger partial charge in [0.25, 0.3) is 5.56 Å². The van der Waals surface area contributed by atoms with Gasteiger partial charge in [-0.1, -0.05) is 53.3 Å². The summed E-state index contributed by atoms with van der Waals surface area (Å²) in [6.07, 6.45) is 1.87. The standard InChI is InChI=1S/C24H21IN2O3S/c1-4-30-23(29)20-15(3)26-24-27(21(20)17-9-5-14(2)6-10-17)22(28)19(31-24)13-16-7-11-18(25)12-8-16/h5-13,21H,4H2,1-3H3/b19-13-/t21-/m1/s1. The molecule has 0 bridgehead atoms. The summed E-state index contributed by atoms with van der Waals surface area (Å²) < 4.78 is 8.65. The van der Waals surface area contributed by atoms with Gasteiger partial charge in [0.2, 0.25) is 0 Å². The first-order valence-corrected chi connectivity index (χ1v) is 11.8. The van der Waals surface area contributed by atoms with Crippen LogP contribution in [-0.4, -0.2) is 17.1 Å². The minimum atomic E-state index is -0.574. The lowest BCUT2D eigenvalue weighted by Gasteiger charge is -2.24. The molecule has 2 aromatic carbocycles. The van der Waals surface area contributed by atoms with E-state index in [1.807, 2.05) is 61.5 Å². The maximum atomic E-state index is 13.5. The zero-order valence-electron chi connectivity index (χ0n) is 17.4. The Morgan fingerprint density at radius 1 is 1.16 bits per heavy atom. The number of allylic oxidation sites excluding steroid dienone is 1. The lowest BCUT2D eigenvalue weighted by Crippen LogP contribution is -2.39. The average molecular weight is 544 g/mol. The van der Waals surface area contributed by atoms with Crippen molar-refractivity contribution in [1.82, 2.24) is 4.57 Å². The molecule has 2 heterocycles. The van der Waals surface area contributed by atoms with E-state index in [0.717, 1.165) is 20.3 Å². The summed E-state index contributed by atoms with van der Waals surface area (Å²) in [5.41, 5.74) is 3.71. The summed E-state index contributed by atoms with van der Waals surface area (Å²) in [6.45, 7) is 5.83. The summed E-state index contributed by atoms with van der Waals surface area (Å²) in [7, 11) is 0. The fraction of sp³-hybridized carbons (Fsp3) is 0.208. The lowest BCUT2D eigenvalue weighted by molar-refractivity contribution is -0.139. The van der Waals surface area contributed by atoms with Gasteiger partial charge in [0.05, 0.1) is 28.5 Å². The molecule has 0 saturated heterocycles. The van der Waals surface area contributed by atoms with Crippen molar-refractivity contribution >= 4 is 46.0 Å². The second kappa shape index (κ2) is 8.92. The highest BCUT2D eigenvalue weighted by atomic mass is 127. The first-order valence-electron chi connectivity index (χ1n) is 9.91. The Morgan fingerprint density at radius 3 is 2.48 bits per heavy atom. The molecule has 4 rings (SSSR count). The Bertz CT molecular complexity index is 1350. The molecule has 0 aliphatic carbocycles. The van der Waals surface area contributed by atoms with Crippen LogP contribution in [0.3, 0.4) is 0 Å². The maximum absolute atomic E-state index is 13.5. The number of benzene rings is 2. The molecule has 0 fully saturated rings. The number of fused-ring (bicyclic) bond motifs is 1. The predicted octanol–water partition coefficient (Wildman–Crippen LogP) is 3.71. The molecule has 0 unspecified atom stereocenters. The van der Waals surface area contributed by atoms with Gasteiger partial charge in [-0.05, 0) is 72.7 Å². The van der Waals surface area contributed by atoms with Crippen molar-refractivity contribution < 1.29 is 9.53 Å². The van der Waals surface area contributed by atoms with Crippen molar-refractivity contribution in [2.45, 2.75) is 26.8 Å². The minimum absolute atomic E-state index is 0.165. The van der Waals surface area contributed by atoms with Crippen LogP contribution in [0.5, 0.6) is 0 Å². The van der Waals surface area contributed by atoms with Gasteiger partial charge >= 0.3 is 5.97 Å². The van der Waals surface area contributed by atoms with E-state index in [4.69, 9.17) is 4.74 Å². The normalized spacial score (nSPS) is 16.1. The van der Waals surface area contributed by atoms with E-state index < -0.39 is 12.0 Å². The van der Waals surface area contributed by atoms with Crippen molar-refractivity contribution in [3.63, 3.8) is 0 Å². The molecule has 1 aliphatic heterocycles. The fourth-order valence-electron chi connectivity index (χ4n) is 3.57. The molecule has 5 nitrogen and oxygen atoms in total. The van der Waals surface area contributed by atoms with Crippen LogP contribution in [0, 0.1) is 10.5 Å². The summed E-state index contributed by atoms with van der Waals surface area (Å²) >= 11 is 3.58. The van der Waals surface area contributed by atoms with E-state index >= 15 is 0 Å². The van der Waals surface area contributed by atoms with Crippen molar-refractivity contribution in [3.05, 3.63) is 99.7 Å². The SMILES string of the molecule is CCOC(=O)C1=C(C)N=c2s/c(=C\c3ccc(I)cc3)c(=O)n2[C@@H]1c1ccc(C)cc1. The summed E-state index contributed by atoms with van der Waals surface area (Å²) in [4.78, 5) is 31.5. The highest BCUT2D eigenvalue weighted by Crippen LogP contribution is 2.30. The number of nitrogens with zero attached hydrogens (tertiary/aromatic N) is 2. The molecule has 3 aromatic rings. The van der Waals surface area contributed by atoms with Crippen LogP contribution in [0.2, 0.25) is 0 Å². The molecule has 7 heteroatoms. The Labute approximate surface area is 197 Å². The number of halogens is 1. The number of thiazole rings is 1. The maximum Gasteiger partial charge on any atom is 0.338 e. The second-order valence-electron chi connectivity index (χ2n) is 7.26. The van der Waals surface area contributed by atoms with Gasteiger partial charge in [-0.25, -0.2) is 9.79 Å². The number of rotatable bonds is 4. The quantitative estimate of drug-likeness (QED) is 0.372. The van der Waals surface area contributed by atoms with Gasteiger partial charge in [-0.2, -0.15) is 0 Å². The molecular weight excluding hydrogens is 523 g/mol. The highest BCUT2D eigenvalue weighted by molar-refractivity contribution is 14.1. The predicted molar refractivity (Wildman–Crippen MR) is 131 cm³/mol. The molecule has 0 saturated carbocycles. The molecule has 0 spiro atoms. The van der Waals surface area contributed by atoms with E-state index in [2.05, 4.69) is 27.6 Å². The Balaban J connectivity index is 1.94. The molecule has 31 heavy (non-hydrogen) atoms. The largest absolute Gasteiger partial charge is 0.463 e. The zero-order chi connectivity index (χ0) is 22.1. The van der Waals surface area contributed by atoms with Gasteiger partial charge < -0.3 is 4.74 Å². The first kappa shape index (κ1) is 21.7. The number of ether oxygens (including phenoxy) is 1. The lowest BCUT2D eigenvalue weighted by atomic mass is 9.95. The van der Waals surface area contributed by atoms with Crippen LogP contribution in [-0.2, 0) is 9.53 Å². The first-order chi connectivity index (χ1) is 14.9. The molecule has 158 valence electrons. The van der Waals surface area contributed by atoms with Gasteiger partial charge in [0.15, 0.2) is 4.80 Å². The van der Waals surface area contributed by atoms with Gasteiger partial charge in [-0.3, -0.25) is 9.36 Å². The molecular formula is C24H21IN2O3S. The molecule has 1 aromatic heterocycles. The summed E-state index contributed by atoms with van der Waals surface area (Å²) in [5, 5.41) is 0. The van der Waals surface area contributed by atoms with Crippen molar-refractivity contribution in [2.75, 3.05) is 6.61 Å². The van der Waals surface area contributed by atoms with Crippen LogP contribution in [0.1, 0.15) is 36.6 Å². The third-order valence-corrected chi connectivity index (χ3v) is 6.78. The minimum Gasteiger partial charge on any atom is -0.463 e. The Hall–Kier alpha value is -2.52. The van der Waals surface area contributed by atoms with E-state index in [0.29, 0.717) is 20.6 Å². The molecule has 0 N–H and O–H groups in total. The van der Waals surface area contributed by atoms with Gasteiger partial charge in [0.1, 0.15) is 0 Å². The Kier molecular flexibility index (Phi) is 6.24. The van der Waals surface area contributed by atoms with Gasteiger partial charge in [-0.15, -0.1) is 0 Å². The second-order valence-corrected chi connectivity index (χ2v) is 9.52. The summed E-state index contributed by atoms with van der Waals surface area (Å²) in [5.74, 6) is -0.443. The highest BCUT2D eigenvalue weighted by Gasteiger charge is 2.33. The topological polar surface area (TPSA) is 60.7 Å². The number of aryl methyl sites for hydroxylation is 1. The number of hydrogen-bond acceptors (Lipinski definition) is 5. The molecule has 1 atom stereocenters. The van der Waals surface area contributed by atoms with Crippen LogP contribution in [0.4, 0.5) is 0 Å². The van der Waals surface area contributed by atoms with E-state index in [1.54, 1.807) is 18.4 Å². The third kappa shape index (κ3) is 4.29. The monoisotopic (exact) mass is 544 g/mol. The number of carbonyl (C=O) groups excluding carboxylic acids is 1. The smallest absolute Gasteiger partial charge is 0.338 e. The van der Waals surface area contributed by atoms with E-state index in [1.165, 1.54) is 11.3 Å². The van der Waals surface area contributed by atoms with E-state index in [-0.39, 0.29) is 12.2 Å². The number of carbonyl (C=O) groups is 1. The Morgan fingerprint density at radius 2 is 1.84 bits per heavy atom. The summed E-state index contributed by atoms with van der Waals surface area (Å²) in [6, 6.07) is 15.3. The molecule has 0 radical (unpaired) electrons. The zero-order valence-corrected chi connectivity index (χ0v) is 20.4. The van der Waals surface area contributed by atoms with Crippen molar-refractivity contribution in [3.8, 4) is 0 Å². The van der Waals surface area contributed by atoms with Gasteiger partial charge in [0, 0.05) is 3.57 Å². The van der Waals surface area contributed by atoms with Crippen LogP contribution >= 0.6 is 33.9 Å². The van der Waals surface area contributed by atoms with Crippen LogP contribution < -0.4 is 14.9 Å². The molecule has 0 amide bonds. The van der Waals surface area contributed by atoms with Crippen molar-refractivity contribution in [1.29, 1.82) is 0 Å². The van der Waals surface area contributed by atoms with Crippen molar-refractivity contribution in [2.24, 2.45) is 4.99 Å². The third-order valence-electron chi connectivity index (χ3n) is 5.08. The number of esters is 1. The number of aromatic nitrogens is 1. The number of hydrogen-bond donors (Lipinski definition) is 0.